The molecule has 2 saturated carbocycles. The summed E-state index contributed by atoms with van der Waals surface area (Å²) < 4.78 is 10.9. The summed E-state index contributed by atoms with van der Waals surface area (Å²) in [7, 11) is 1.77. The maximum atomic E-state index is 5.85. The predicted molar refractivity (Wildman–Crippen MR) is 161 cm³/mol. The van der Waals surface area contributed by atoms with Crippen LogP contribution in [0.1, 0.15) is 152 Å². The van der Waals surface area contributed by atoms with E-state index in [0.29, 0.717) is 5.60 Å². The van der Waals surface area contributed by atoms with Gasteiger partial charge in [-0.1, -0.05) is 98.1 Å². The van der Waals surface area contributed by atoms with Crippen molar-refractivity contribution in [1.82, 2.24) is 5.32 Å². The number of allylic oxidation sites excluding steroid dienone is 2. The first-order valence-corrected chi connectivity index (χ1v) is 15.8. The second-order valence-electron chi connectivity index (χ2n) is 12.0. The lowest BCUT2D eigenvalue weighted by molar-refractivity contribution is -0.0195. The van der Waals surface area contributed by atoms with Crippen LogP contribution < -0.4 is 5.32 Å². The van der Waals surface area contributed by atoms with E-state index in [1.807, 2.05) is 0 Å². The van der Waals surface area contributed by atoms with Gasteiger partial charge >= 0.3 is 0 Å². The quantitative estimate of drug-likeness (QED) is 0.273. The molecule has 3 heteroatoms. The normalized spacial score (nSPS) is 23.1. The highest BCUT2D eigenvalue weighted by Crippen LogP contribution is 2.37. The van der Waals surface area contributed by atoms with Gasteiger partial charge in [0.15, 0.2) is 0 Å². The molecule has 0 aromatic heterocycles. The topological polar surface area (TPSA) is 30.5 Å². The highest BCUT2D eigenvalue weighted by atomic mass is 16.5. The minimum Gasteiger partial charge on any atom is -0.379 e. The summed E-state index contributed by atoms with van der Waals surface area (Å²) in [5.41, 5.74) is 2.22. The van der Waals surface area contributed by atoms with Gasteiger partial charge in [-0.05, 0) is 90.1 Å². The molecule has 216 valence electrons. The van der Waals surface area contributed by atoms with Gasteiger partial charge in [0, 0.05) is 13.7 Å². The Bertz CT molecular complexity index is 506. The van der Waals surface area contributed by atoms with Crippen molar-refractivity contribution in [1.29, 1.82) is 0 Å². The third-order valence-corrected chi connectivity index (χ3v) is 8.26. The highest BCUT2D eigenvalue weighted by Gasteiger charge is 2.39. The van der Waals surface area contributed by atoms with E-state index in [9.17, 15) is 0 Å². The SMILES string of the molecule is CC1COC2(CCNCC2)C1.CC=C1CCC1.CCCC.CCCCCC(C)CC.COC1(C)CC1. The number of ether oxygens (including phenoxy) is 2. The molecule has 0 amide bonds. The monoisotopic (exact) mass is 510 g/mol. The largest absolute Gasteiger partial charge is 0.379 e. The molecule has 36 heavy (non-hydrogen) atoms. The molecule has 2 saturated heterocycles. The number of piperidine rings is 1. The van der Waals surface area contributed by atoms with Crippen LogP contribution in [0, 0.1) is 11.8 Å². The number of methoxy groups -OCH3 is 1. The van der Waals surface area contributed by atoms with E-state index in [1.54, 1.807) is 12.7 Å². The predicted octanol–water partition coefficient (Wildman–Crippen LogP) is 9.89. The van der Waals surface area contributed by atoms with Gasteiger partial charge in [-0.25, -0.2) is 0 Å². The molecule has 2 aliphatic carbocycles. The summed E-state index contributed by atoms with van der Waals surface area (Å²) >= 11 is 0. The average molecular weight is 510 g/mol. The average Bonchev–Trinajstić information content (AvgIpc) is 3.52. The van der Waals surface area contributed by atoms with Crippen molar-refractivity contribution in [2.45, 2.75) is 163 Å². The Morgan fingerprint density at radius 2 is 1.61 bits per heavy atom. The van der Waals surface area contributed by atoms with Gasteiger partial charge in [-0.15, -0.1) is 0 Å². The van der Waals surface area contributed by atoms with Crippen molar-refractivity contribution < 1.29 is 9.47 Å². The lowest BCUT2D eigenvalue weighted by Crippen LogP contribution is -2.41. The van der Waals surface area contributed by atoms with E-state index >= 15 is 0 Å². The first-order chi connectivity index (χ1) is 17.2. The van der Waals surface area contributed by atoms with Crippen LogP contribution >= 0.6 is 0 Å². The van der Waals surface area contributed by atoms with E-state index in [0.717, 1.165) is 31.5 Å². The molecule has 1 N–H and O–H groups in total. The summed E-state index contributed by atoms with van der Waals surface area (Å²) in [5, 5.41) is 3.37. The fourth-order valence-corrected chi connectivity index (χ4v) is 4.30. The maximum absolute atomic E-state index is 5.85. The molecule has 2 atom stereocenters. The minimum absolute atomic E-state index is 0.282. The van der Waals surface area contributed by atoms with E-state index in [2.05, 4.69) is 66.8 Å². The summed E-state index contributed by atoms with van der Waals surface area (Å²) in [4.78, 5) is 0. The molecule has 4 aliphatic rings. The van der Waals surface area contributed by atoms with Gasteiger partial charge in [0.05, 0.1) is 11.2 Å². The zero-order chi connectivity index (χ0) is 27.3. The molecule has 1 spiro atoms. The zero-order valence-electron chi connectivity index (χ0n) is 26.3. The van der Waals surface area contributed by atoms with Crippen LogP contribution in [0.2, 0.25) is 0 Å². The fraction of sp³-hybridized carbons (Fsp3) is 0.939. The maximum Gasteiger partial charge on any atom is 0.0710 e. The smallest absolute Gasteiger partial charge is 0.0710 e. The Morgan fingerprint density at radius 1 is 1.00 bits per heavy atom. The lowest BCUT2D eigenvalue weighted by atomic mass is 9.87. The van der Waals surface area contributed by atoms with Gasteiger partial charge in [-0.2, -0.15) is 0 Å². The molecule has 0 aromatic carbocycles. The number of nitrogens with one attached hydrogen (secondary N) is 1. The number of unbranched alkanes of at least 4 members (excludes halogenated alkanes) is 3. The van der Waals surface area contributed by atoms with Crippen LogP contribution in [0.4, 0.5) is 0 Å². The van der Waals surface area contributed by atoms with Crippen molar-refractivity contribution >= 4 is 0 Å². The third-order valence-electron chi connectivity index (χ3n) is 8.26. The van der Waals surface area contributed by atoms with E-state index in [-0.39, 0.29) is 5.60 Å². The Morgan fingerprint density at radius 3 is 1.89 bits per heavy atom. The van der Waals surface area contributed by atoms with Gasteiger partial charge in [0.25, 0.3) is 0 Å². The van der Waals surface area contributed by atoms with Crippen LogP contribution in [0.3, 0.4) is 0 Å². The number of hydrogen-bond acceptors (Lipinski definition) is 3. The standard InChI is InChI=1S/C9H17NO.C9H20.C6H10.C5H10O.C4H10/c1-8-6-9(11-7-8)2-4-10-5-3-9;1-4-6-7-8-9(3)5-2;1-2-6-4-3-5-6;1-5(6-2)3-4-5;1-3-4-2/h8,10H,2-7H2,1H3;9H,4-8H2,1-3H3;2H,3-5H2,1H3;3-4H2,1-2H3;3-4H2,1-2H3. The van der Waals surface area contributed by atoms with Crippen molar-refractivity contribution in [2.75, 3.05) is 26.8 Å². The van der Waals surface area contributed by atoms with Gasteiger partial charge in [0.1, 0.15) is 0 Å². The van der Waals surface area contributed by atoms with Crippen LogP contribution in [0.5, 0.6) is 0 Å². The van der Waals surface area contributed by atoms with Gasteiger partial charge in [-0.3, -0.25) is 0 Å². The summed E-state index contributed by atoms with van der Waals surface area (Å²) in [5.74, 6) is 1.74. The summed E-state index contributed by atoms with van der Waals surface area (Å²) in [6.45, 7) is 21.1. The fourth-order valence-electron chi connectivity index (χ4n) is 4.30. The molecule has 2 unspecified atom stereocenters. The Hall–Kier alpha value is -0.380. The van der Waals surface area contributed by atoms with Crippen molar-refractivity contribution in [2.24, 2.45) is 11.8 Å². The Kier molecular flexibility index (Phi) is 21.3. The minimum atomic E-state index is 0.282. The molecule has 4 fully saturated rings. The van der Waals surface area contributed by atoms with E-state index < -0.39 is 0 Å². The third kappa shape index (κ3) is 18.0. The summed E-state index contributed by atoms with van der Waals surface area (Å²) in [6, 6.07) is 0. The first-order valence-electron chi connectivity index (χ1n) is 15.8. The molecule has 3 nitrogen and oxygen atoms in total. The molecular formula is C33H67NO2. The van der Waals surface area contributed by atoms with Crippen LogP contribution in [-0.2, 0) is 9.47 Å². The van der Waals surface area contributed by atoms with Crippen molar-refractivity contribution in [3.8, 4) is 0 Å². The van der Waals surface area contributed by atoms with Gasteiger partial charge in [0.2, 0.25) is 0 Å². The van der Waals surface area contributed by atoms with Crippen molar-refractivity contribution in [3.05, 3.63) is 11.6 Å². The van der Waals surface area contributed by atoms with Gasteiger partial charge < -0.3 is 14.8 Å². The highest BCUT2D eigenvalue weighted by molar-refractivity contribution is 5.07. The van der Waals surface area contributed by atoms with Crippen LogP contribution in [-0.4, -0.2) is 38.0 Å². The Balaban J connectivity index is 0.000000445. The number of rotatable bonds is 7. The van der Waals surface area contributed by atoms with E-state index in [4.69, 9.17) is 9.47 Å². The van der Waals surface area contributed by atoms with Crippen molar-refractivity contribution in [3.63, 3.8) is 0 Å². The van der Waals surface area contributed by atoms with E-state index in [1.165, 1.54) is 96.3 Å². The zero-order valence-corrected chi connectivity index (χ0v) is 26.3. The number of hydrogen-bond donors (Lipinski definition) is 1. The molecule has 2 aliphatic heterocycles. The Labute approximate surface area is 228 Å². The molecule has 4 rings (SSSR count). The van der Waals surface area contributed by atoms with Crippen LogP contribution in [0.15, 0.2) is 11.6 Å². The summed E-state index contributed by atoms with van der Waals surface area (Å²) in [6.07, 6.45) is 22.3. The molecule has 0 aromatic rings. The molecule has 2 heterocycles. The second kappa shape index (κ2) is 21.5. The molecule has 0 radical (unpaired) electrons. The first kappa shape index (κ1) is 35.6. The second-order valence-corrected chi connectivity index (χ2v) is 12.0. The lowest BCUT2D eigenvalue weighted by Gasteiger charge is -2.32. The molecular weight excluding hydrogens is 442 g/mol. The van der Waals surface area contributed by atoms with Crippen LogP contribution in [0.25, 0.3) is 0 Å². The molecule has 0 bridgehead atoms.